The fourth-order valence-electron chi connectivity index (χ4n) is 2.05. The highest BCUT2D eigenvalue weighted by Crippen LogP contribution is 2.24. The standard InChI is InChI=1S/C14H21NO2/c1-3-4-5-13(14(16)17)12-7-10(2)6-11(8-12)9-15/h6-8,13H,3-5,9,15H2,1-2H3,(H,16,17). The summed E-state index contributed by atoms with van der Waals surface area (Å²) in [5, 5.41) is 9.28. The normalized spacial score (nSPS) is 12.4. The first-order valence-corrected chi connectivity index (χ1v) is 6.11. The van der Waals surface area contributed by atoms with E-state index >= 15 is 0 Å². The van der Waals surface area contributed by atoms with Gasteiger partial charge >= 0.3 is 5.97 Å². The van der Waals surface area contributed by atoms with E-state index in [-0.39, 0.29) is 0 Å². The van der Waals surface area contributed by atoms with E-state index in [2.05, 4.69) is 6.92 Å². The highest BCUT2D eigenvalue weighted by molar-refractivity contribution is 5.76. The minimum atomic E-state index is -0.743. The quantitative estimate of drug-likeness (QED) is 0.797. The summed E-state index contributed by atoms with van der Waals surface area (Å²) in [5.74, 6) is -1.15. The summed E-state index contributed by atoms with van der Waals surface area (Å²) < 4.78 is 0. The van der Waals surface area contributed by atoms with E-state index in [0.29, 0.717) is 13.0 Å². The molecule has 0 amide bonds. The second-order valence-corrected chi connectivity index (χ2v) is 4.49. The Labute approximate surface area is 103 Å². The van der Waals surface area contributed by atoms with Crippen molar-refractivity contribution in [3.8, 4) is 0 Å². The maximum absolute atomic E-state index is 11.3. The minimum absolute atomic E-state index is 0.403. The molecule has 0 aliphatic rings. The molecule has 3 N–H and O–H groups in total. The van der Waals surface area contributed by atoms with Gasteiger partial charge in [0.1, 0.15) is 0 Å². The molecule has 94 valence electrons. The lowest BCUT2D eigenvalue weighted by Crippen LogP contribution is -2.12. The van der Waals surface area contributed by atoms with E-state index in [1.807, 2.05) is 25.1 Å². The predicted molar refractivity (Wildman–Crippen MR) is 69.0 cm³/mol. The van der Waals surface area contributed by atoms with Crippen LogP contribution in [0.4, 0.5) is 0 Å². The van der Waals surface area contributed by atoms with Crippen LogP contribution in [0.3, 0.4) is 0 Å². The summed E-state index contributed by atoms with van der Waals surface area (Å²) in [6, 6.07) is 5.87. The van der Waals surface area contributed by atoms with Crippen LogP contribution in [-0.2, 0) is 11.3 Å². The lowest BCUT2D eigenvalue weighted by molar-refractivity contribution is -0.139. The van der Waals surface area contributed by atoms with Gasteiger partial charge < -0.3 is 10.8 Å². The SMILES string of the molecule is CCCCC(C(=O)O)c1cc(C)cc(CN)c1. The van der Waals surface area contributed by atoms with E-state index in [0.717, 1.165) is 29.5 Å². The van der Waals surface area contributed by atoms with Gasteiger partial charge in [0.25, 0.3) is 0 Å². The summed E-state index contributed by atoms with van der Waals surface area (Å²) in [6.07, 6.45) is 2.64. The van der Waals surface area contributed by atoms with Crippen LogP contribution in [-0.4, -0.2) is 11.1 Å². The van der Waals surface area contributed by atoms with Gasteiger partial charge in [0.05, 0.1) is 5.92 Å². The van der Waals surface area contributed by atoms with E-state index in [9.17, 15) is 9.90 Å². The molecule has 0 spiro atoms. The molecule has 1 atom stereocenters. The first-order valence-electron chi connectivity index (χ1n) is 6.11. The Balaban J connectivity index is 3.00. The van der Waals surface area contributed by atoms with Crippen LogP contribution in [0.5, 0.6) is 0 Å². The lowest BCUT2D eigenvalue weighted by atomic mass is 9.91. The van der Waals surface area contributed by atoms with Crippen LogP contribution >= 0.6 is 0 Å². The summed E-state index contributed by atoms with van der Waals surface area (Å²) in [6.45, 7) is 4.50. The average Bonchev–Trinajstić information content (AvgIpc) is 2.28. The molecule has 0 fully saturated rings. The van der Waals surface area contributed by atoms with E-state index in [4.69, 9.17) is 5.73 Å². The Hall–Kier alpha value is -1.35. The number of hydrogen-bond donors (Lipinski definition) is 2. The molecule has 3 nitrogen and oxygen atoms in total. The van der Waals surface area contributed by atoms with Crippen molar-refractivity contribution in [1.82, 2.24) is 0 Å². The minimum Gasteiger partial charge on any atom is -0.481 e. The molecule has 0 bridgehead atoms. The predicted octanol–water partition coefficient (Wildman–Crippen LogP) is 2.81. The lowest BCUT2D eigenvalue weighted by Gasteiger charge is -2.14. The van der Waals surface area contributed by atoms with Crippen molar-refractivity contribution in [2.24, 2.45) is 5.73 Å². The summed E-state index contributed by atoms with van der Waals surface area (Å²) >= 11 is 0. The van der Waals surface area contributed by atoms with Gasteiger partial charge in [-0.25, -0.2) is 0 Å². The van der Waals surface area contributed by atoms with Crippen molar-refractivity contribution in [3.63, 3.8) is 0 Å². The summed E-state index contributed by atoms with van der Waals surface area (Å²) in [7, 11) is 0. The van der Waals surface area contributed by atoms with Gasteiger partial charge in [-0.05, 0) is 24.5 Å². The highest BCUT2D eigenvalue weighted by atomic mass is 16.4. The molecule has 0 aliphatic heterocycles. The molecule has 0 radical (unpaired) electrons. The number of benzene rings is 1. The molecule has 0 heterocycles. The van der Waals surface area contributed by atoms with Gasteiger partial charge in [-0.15, -0.1) is 0 Å². The first-order chi connectivity index (χ1) is 8.08. The third kappa shape index (κ3) is 3.86. The van der Waals surface area contributed by atoms with Crippen molar-refractivity contribution in [2.75, 3.05) is 0 Å². The van der Waals surface area contributed by atoms with Gasteiger partial charge in [0, 0.05) is 6.54 Å². The van der Waals surface area contributed by atoms with Crippen molar-refractivity contribution >= 4 is 5.97 Å². The molecule has 1 rings (SSSR count). The van der Waals surface area contributed by atoms with Gasteiger partial charge in [-0.1, -0.05) is 43.5 Å². The number of carboxylic acids is 1. The van der Waals surface area contributed by atoms with Crippen LogP contribution < -0.4 is 5.73 Å². The first kappa shape index (κ1) is 13.7. The Morgan fingerprint density at radius 3 is 2.65 bits per heavy atom. The Bertz CT molecular complexity index is 388. The van der Waals surface area contributed by atoms with Crippen molar-refractivity contribution < 1.29 is 9.90 Å². The third-order valence-electron chi connectivity index (χ3n) is 2.94. The molecule has 0 saturated carbocycles. The molecular weight excluding hydrogens is 214 g/mol. The molecule has 3 heteroatoms. The molecule has 1 aromatic carbocycles. The molecule has 0 aromatic heterocycles. The maximum atomic E-state index is 11.3. The fraction of sp³-hybridized carbons (Fsp3) is 0.500. The van der Waals surface area contributed by atoms with Crippen LogP contribution in [0.1, 0.15) is 48.8 Å². The molecule has 1 unspecified atom stereocenters. The number of hydrogen-bond acceptors (Lipinski definition) is 2. The molecule has 1 aromatic rings. The Morgan fingerprint density at radius 2 is 2.12 bits per heavy atom. The molecule has 0 aliphatic carbocycles. The number of rotatable bonds is 6. The molecular formula is C14H21NO2. The van der Waals surface area contributed by atoms with Crippen molar-refractivity contribution in [1.29, 1.82) is 0 Å². The third-order valence-corrected chi connectivity index (χ3v) is 2.94. The van der Waals surface area contributed by atoms with Gasteiger partial charge in [-0.2, -0.15) is 0 Å². The van der Waals surface area contributed by atoms with Crippen LogP contribution in [0, 0.1) is 6.92 Å². The largest absolute Gasteiger partial charge is 0.481 e. The zero-order valence-corrected chi connectivity index (χ0v) is 10.6. The van der Waals surface area contributed by atoms with E-state index < -0.39 is 11.9 Å². The number of carbonyl (C=O) groups is 1. The second-order valence-electron chi connectivity index (χ2n) is 4.49. The molecule has 17 heavy (non-hydrogen) atoms. The van der Waals surface area contributed by atoms with Crippen molar-refractivity contribution in [3.05, 3.63) is 34.9 Å². The Morgan fingerprint density at radius 1 is 1.41 bits per heavy atom. The highest BCUT2D eigenvalue weighted by Gasteiger charge is 2.19. The number of aryl methyl sites for hydroxylation is 1. The number of aliphatic carboxylic acids is 1. The number of carboxylic acid groups (broad SMARTS) is 1. The van der Waals surface area contributed by atoms with Gasteiger partial charge in [-0.3, -0.25) is 4.79 Å². The zero-order chi connectivity index (χ0) is 12.8. The Kier molecular flexibility index (Phi) is 5.16. The second kappa shape index (κ2) is 6.40. The van der Waals surface area contributed by atoms with E-state index in [1.165, 1.54) is 0 Å². The van der Waals surface area contributed by atoms with Crippen molar-refractivity contribution in [2.45, 2.75) is 45.6 Å². The monoisotopic (exact) mass is 235 g/mol. The number of unbranched alkanes of at least 4 members (excludes halogenated alkanes) is 1. The molecule has 0 saturated heterocycles. The maximum Gasteiger partial charge on any atom is 0.310 e. The van der Waals surface area contributed by atoms with Crippen LogP contribution in [0.25, 0.3) is 0 Å². The smallest absolute Gasteiger partial charge is 0.310 e. The van der Waals surface area contributed by atoms with Crippen LogP contribution in [0.15, 0.2) is 18.2 Å². The van der Waals surface area contributed by atoms with E-state index in [1.54, 1.807) is 0 Å². The van der Waals surface area contributed by atoms with Gasteiger partial charge in [0.2, 0.25) is 0 Å². The zero-order valence-electron chi connectivity index (χ0n) is 10.6. The summed E-state index contributed by atoms with van der Waals surface area (Å²) in [5.41, 5.74) is 8.57. The van der Waals surface area contributed by atoms with Crippen LogP contribution in [0.2, 0.25) is 0 Å². The average molecular weight is 235 g/mol. The van der Waals surface area contributed by atoms with Gasteiger partial charge in [0.15, 0.2) is 0 Å². The fourth-order valence-corrected chi connectivity index (χ4v) is 2.05. The number of nitrogens with two attached hydrogens (primary N) is 1. The topological polar surface area (TPSA) is 63.3 Å². The summed E-state index contributed by atoms with van der Waals surface area (Å²) in [4.78, 5) is 11.3.